The number of hydrogen-bond acceptors (Lipinski definition) is 3. The normalized spacial score (nSPS) is 11.1. The smallest absolute Gasteiger partial charge is 0.338 e. The third-order valence-corrected chi connectivity index (χ3v) is 3.16. The maximum atomic E-state index is 13.6. The van der Waals surface area contributed by atoms with Gasteiger partial charge in [0.25, 0.3) is 0 Å². The number of carbonyl (C=O) groups excluding carboxylic acids is 2. The van der Waals surface area contributed by atoms with Gasteiger partial charge >= 0.3 is 5.97 Å². The van der Waals surface area contributed by atoms with E-state index >= 15 is 0 Å². The van der Waals surface area contributed by atoms with Crippen LogP contribution >= 0.6 is 0 Å². The molecule has 0 amide bonds. The number of ether oxygens (including phenoxy) is 1. The van der Waals surface area contributed by atoms with Crippen molar-refractivity contribution in [2.75, 3.05) is 0 Å². The van der Waals surface area contributed by atoms with E-state index in [1.54, 1.807) is 24.3 Å². The SMILES string of the molecule is CC(C)(C)OC(=O)c1cccc(Cc2ccc(C=O)c(F)c2)c1. The molecule has 2 rings (SSSR count). The molecule has 23 heavy (non-hydrogen) atoms. The molecule has 0 N–H and O–H groups in total. The predicted octanol–water partition coefficient (Wildman–Crippen LogP) is 4.18. The molecular formula is C19H19FO3. The predicted molar refractivity (Wildman–Crippen MR) is 86.2 cm³/mol. The lowest BCUT2D eigenvalue weighted by Gasteiger charge is -2.19. The Hall–Kier alpha value is -2.49. The lowest BCUT2D eigenvalue weighted by molar-refractivity contribution is 0.00693. The molecular weight excluding hydrogens is 295 g/mol. The van der Waals surface area contributed by atoms with Crippen molar-refractivity contribution >= 4 is 12.3 Å². The van der Waals surface area contributed by atoms with E-state index in [0.717, 1.165) is 11.1 Å². The fourth-order valence-corrected chi connectivity index (χ4v) is 2.16. The van der Waals surface area contributed by atoms with E-state index in [1.807, 2.05) is 26.8 Å². The topological polar surface area (TPSA) is 43.4 Å². The summed E-state index contributed by atoms with van der Waals surface area (Å²) in [6, 6.07) is 11.5. The monoisotopic (exact) mass is 314 g/mol. The highest BCUT2D eigenvalue weighted by molar-refractivity contribution is 5.89. The molecule has 120 valence electrons. The van der Waals surface area contributed by atoms with Crippen molar-refractivity contribution in [3.8, 4) is 0 Å². The summed E-state index contributed by atoms with van der Waals surface area (Å²) in [6.45, 7) is 5.43. The number of aldehydes is 1. The summed E-state index contributed by atoms with van der Waals surface area (Å²) in [5, 5.41) is 0. The number of esters is 1. The molecule has 0 fully saturated rings. The van der Waals surface area contributed by atoms with Crippen LogP contribution in [0.4, 0.5) is 4.39 Å². The summed E-state index contributed by atoms with van der Waals surface area (Å²) < 4.78 is 19.0. The van der Waals surface area contributed by atoms with Crippen LogP contribution < -0.4 is 0 Å². The highest BCUT2D eigenvalue weighted by Crippen LogP contribution is 2.17. The fraction of sp³-hybridized carbons (Fsp3) is 0.263. The van der Waals surface area contributed by atoms with E-state index in [2.05, 4.69) is 0 Å². The van der Waals surface area contributed by atoms with Gasteiger partial charge in [0.1, 0.15) is 11.4 Å². The molecule has 0 unspecified atom stereocenters. The minimum absolute atomic E-state index is 0.0382. The Morgan fingerprint density at radius 1 is 1.13 bits per heavy atom. The Bertz CT molecular complexity index is 730. The zero-order valence-corrected chi connectivity index (χ0v) is 13.4. The molecule has 0 saturated heterocycles. The molecule has 0 aliphatic rings. The van der Waals surface area contributed by atoms with Crippen molar-refractivity contribution in [2.45, 2.75) is 32.8 Å². The first-order valence-electron chi connectivity index (χ1n) is 7.34. The van der Waals surface area contributed by atoms with E-state index < -0.39 is 11.4 Å². The van der Waals surface area contributed by atoms with Crippen molar-refractivity contribution in [3.05, 3.63) is 70.5 Å². The molecule has 0 atom stereocenters. The summed E-state index contributed by atoms with van der Waals surface area (Å²) in [7, 11) is 0. The summed E-state index contributed by atoms with van der Waals surface area (Å²) in [5.74, 6) is -0.928. The van der Waals surface area contributed by atoms with Crippen LogP contribution in [0.1, 0.15) is 52.6 Å². The van der Waals surface area contributed by atoms with Gasteiger partial charge in [-0.1, -0.05) is 18.2 Å². The van der Waals surface area contributed by atoms with E-state index in [-0.39, 0.29) is 11.5 Å². The Balaban J connectivity index is 2.18. The fourth-order valence-electron chi connectivity index (χ4n) is 2.16. The maximum absolute atomic E-state index is 13.6. The second kappa shape index (κ2) is 6.73. The molecule has 0 spiro atoms. The van der Waals surface area contributed by atoms with Gasteiger partial charge in [-0.15, -0.1) is 0 Å². The molecule has 0 heterocycles. The van der Waals surface area contributed by atoms with Gasteiger partial charge in [-0.3, -0.25) is 4.79 Å². The van der Waals surface area contributed by atoms with Gasteiger partial charge in [-0.05, 0) is 62.6 Å². The van der Waals surface area contributed by atoms with Crippen molar-refractivity contribution in [3.63, 3.8) is 0 Å². The van der Waals surface area contributed by atoms with Gasteiger partial charge < -0.3 is 4.74 Å². The van der Waals surface area contributed by atoms with Crippen LogP contribution in [0.3, 0.4) is 0 Å². The van der Waals surface area contributed by atoms with Crippen LogP contribution in [0.25, 0.3) is 0 Å². The average Bonchev–Trinajstić information content (AvgIpc) is 2.46. The highest BCUT2D eigenvalue weighted by atomic mass is 19.1. The Morgan fingerprint density at radius 3 is 2.43 bits per heavy atom. The zero-order chi connectivity index (χ0) is 17.0. The summed E-state index contributed by atoms with van der Waals surface area (Å²) in [5.41, 5.74) is 1.54. The van der Waals surface area contributed by atoms with Gasteiger partial charge in [0, 0.05) is 0 Å². The number of rotatable bonds is 4. The van der Waals surface area contributed by atoms with Crippen molar-refractivity contribution in [1.82, 2.24) is 0 Å². The van der Waals surface area contributed by atoms with Crippen LogP contribution in [0, 0.1) is 5.82 Å². The minimum Gasteiger partial charge on any atom is -0.456 e. The maximum Gasteiger partial charge on any atom is 0.338 e. The Labute approximate surface area is 135 Å². The molecule has 4 heteroatoms. The van der Waals surface area contributed by atoms with E-state index in [1.165, 1.54) is 12.1 Å². The Kier molecular flexibility index (Phi) is 4.94. The van der Waals surface area contributed by atoms with Gasteiger partial charge in [0.15, 0.2) is 6.29 Å². The highest BCUT2D eigenvalue weighted by Gasteiger charge is 2.18. The third kappa shape index (κ3) is 4.74. The molecule has 2 aromatic carbocycles. The van der Waals surface area contributed by atoms with E-state index in [0.29, 0.717) is 18.3 Å². The first kappa shape index (κ1) is 16.9. The zero-order valence-electron chi connectivity index (χ0n) is 13.4. The lowest BCUT2D eigenvalue weighted by Crippen LogP contribution is -2.23. The Morgan fingerprint density at radius 2 is 1.83 bits per heavy atom. The molecule has 0 bridgehead atoms. The number of halogens is 1. The van der Waals surface area contributed by atoms with Crippen LogP contribution in [0.2, 0.25) is 0 Å². The molecule has 0 radical (unpaired) electrons. The number of hydrogen-bond donors (Lipinski definition) is 0. The van der Waals surface area contributed by atoms with Crippen molar-refractivity contribution < 1.29 is 18.7 Å². The molecule has 2 aromatic rings. The summed E-state index contributed by atoms with van der Waals surface area (Å²) in [6.07, 6.45) is 0.953. The quantitative estimate of drug-likeness (QED) is 0.628. The second-order valence-corrected chi connectivity index (χ2v) is 6.35. The average molecular weight is 314 g/mol. The van der Waals surface area contributed by atoms with E-state index in [9.17, 15) is 14.0 Å². The molecule has 0 aliphatic carbocycles. The van der Waals surface area contributed by atoms with Crippen LogP contribution in [0.15, 0.2) is 42.5 Å². The minimum atomic E-state index is -0.555. The first-order valence-corrected chi connectivity index (χ1v) is 7.34. The van der Waals surface area contributed by atoms with Gasteiger partial charge in [-0.25, -0.2) is 9.18 Å². The third-order valence-electron chi connectivity index (χ3n) is 3.16. The lowest BCUT2D eigenvalue weighted by atomic mass is 10.0. The van der Waals surface area contributed by atoms with Gasteiger partial charge in [0.05, 0.1) is 11.1 Å². The standard InChI is InChI=1S/C19H19FO3/c1-19(2,3)23-18(22)15-6-4-5-13(10-15)9-14-7-8-16(12-21)17(20)11-14/h4-8,10-12H,9H2,1-3H3. The molecule has 0 saturated carbocycles. The van der Waals surface area contributed by atoms with E-state index in [4.69, 9.17) is 4.74 Å². The molecule has 0 aliphatic heterocycles. The van der Waals surface area contributed by atoms with Gasteiger partial charge in [0.2, 0.25) is 0 Å². The van der Waals surface area contributed by atoms with Gasteiger partial charge in [-0.2, -0.15) is 0 Å². The molecule has 3 nitrogen and oxygen atoms in total. The van der Waals surface area contributed by atoms with Crippen molar-refractivity contribution in [2.24, 2.45) is 0 Å². The number of carbonyl (C=O) groups is 2. The summed E-state index contributed by atoms with van der Waals surface area (Å²) >= 11 is 0. The first-order chi connectivity index (χ1) is 10.8. The van der Waals surface area contributed by atoms with Crippen LogP contribution in [-0.2, 0) is 11.2 Å². The van der Waals surface area contributed by atoms with Crippen molar-refractivity contribution in [1.29, 1.82) is 0 Å². The second-order valence-electron chi connectivity index (χ2n) is 6.35. The van der Waals surface area contributed by atoms with Crippen LogP contribution in [0.5, 0.6) is 0 Å². The largest absolute Gasteiger partial charge is 0.456 e. The number of benzene rings is 2. The molecule has 0 aromatic heterocycles. The summed E-state index contributed by atoms with van der Waals surface area (Å²) in [4.78, 5) is 22.7. The van der Waals surface area contributed by atoms with Crippen LogP contribution in [-0.4, -0.2) is 17.9 Å².